The third-order valence-corrected chi connectivity index (χ3v) is 5.24. The Hall–Kier alpha value is -3.26. The third kappa shape index (κ3) is 4.43. The Morgan fingerprint density at radius 1 is 1.17 bits per heavy atom. The summed E-state index contributed by atoms with van der Waals surface area (Å²) in [6.07, 6.45) is 3.87. The van der Waals surface area contributed by atoms with Gasteiger partial charge in [-0.15, -0.1) is 5.10 Å². The molecule has 1 saturated heterocycles. The molecule has 4 rings (SSSR count). The summed E-state index contributed by atoms with van der Waals surface area (Å²) < 4.78 is 6.91. The highest BCUT2D eigenvalue weighted by Gasteiger charge is 2.24. The van der Waals surface area contributed by atoms with Crippen molar-refractivity contribution in [3.63, 3.8) is 0 Å². The minimum atomic E-state index is -0.119. The van der Waals surface area contributed by atoms with Gasteiger partial charge in [-0.3, -0.25) is 9.69 Å². The topological polar surface area (TPSA) is 85.2 Å². The van der Waals surface area contributed by atoms with Gasteiger partial charge in [-0.2, -0.15) is 0 Å². The minimum Gasteiger partial charge on any atom is -0.497 e. The number of tetrazole rings is 1. The number of methoxy groups -OCH3 is 1. The van der Waals surface area contributed by atoms with E-state index in [0.717, 1.165) is 30.1 Å². The van der Waals surface area contributed by atoms with Crippen LogP contribution in [0.5, 0.6) is 5.75 Å². The van der Waals surface area contributed by atoms with Gasteiger partial charge in [-0.25, -0.2) is 4.68 Å². The van der Waals surface area contributed by atoms with Gasteiger partial charge in [0.15, 0.2) is 0 Å². The number of ether oxygens (including phenoxy) is 1. The van der Waals surface area contributed by atoms with Gasteiger partial charge in [-0.1, -0.05) is 18.2 Å². The monoisotopic (exact) mass is 392 g/mol. The van der Waals surface area contributed by atoms with E-state index in [1.54, 1.807) is 19.2 Å². The van der Waals surface area contributed by atoms with E-state index in [2.05, 4.69) is 31.8 Å². The molecule has 8 heteroatoms. The van der Waals surface area contributed by atoms with Crippen molar-refractivity contribution in [1.82, 2.24) is 30.4 Å². The van der Waals surface area contributed by atoms with Gasteiger partial charge in [0.25, 0.3) is 5.91 Å². The summed E-state index contributed by atoms with van der Waals surface area (Å²) >= 11 is 0. The van der Waals surface area contributed by atoms with Crippen molar-refractivity contribution >= 4 is 5.91 Å². The van der Waals surface area contributed by atoms with Crippen molar-refractivity contribution in [1.29, 1.82) is 0 Å². The number of amides is 1. The van der Waals surface area contributed by atoms with E-state index in [1.807, 2.05) is 30.3 Å². The van der Waals surface area contributed by atoms with Crippen LogP contribution < -0.4 is 10.1 Å². The Balaban J connectivity index is 1.50. The number of hydrogen-bond acceptors (Lipinski definition) is 6. The Morgan fingerprint density at radius 3 is 2.76 bits per heavy atom. The highest BCUT2D eigenvalue weighted by Crippen LogP contribution is 2.27. The molecule has 1 aliphatic rings. The van der Waals surface area contributed by atoms with Crippen LogP contribution in [0.1, 0.15) is 34.8 Å². The number of nitrogens with one attached hydrogen (secondary N) is 1. The summed E-state index contributed by atoms with van der Waals surface area (Å²) in [6.45, 7) is 2.60. The molecule has 0 saturated carbocycles. The molecule has 29 heavy (non-hydrogen) atoms. The van der Waals surface area contributed by atoms with Gasteiger partial charge < -0.3 is 10.1 Å². The molecule has 2 heterocycles. The molecule has 1 unspecified atom stereocenters. The van der Waals surface area contributed by atoms with Crippen molar-refractivity contribution < 1.29 is 9.53 Å². The summed E-state index contributed by atoms with van der Waals surface area (Å²) in [5.41, 5.74) is 2.46. The first kappa shape index (κ1) is 19.1. The van der Waals surface area contributed by atoms with E-state index in [9.17, 15) is 4.79 Å². The molecule has 0 aliphatic carbocycles. The first-order valence-electron chi connectivity index (χ1n) is 9.74. The van der Waals surface area contributed by atoms with Crippen molar-refractivity contribution in [2.24, 2.45) is 0 Å². The fourth-order valence-electron chi connectivity index (χ4n) is 3.72. The summed E-state index contributed by atoms with van der Waals surface area (Å²) in [4.78, 5) is 15.2. The number of benzene rings is 2. The fraction of sp³-hybridized carbons (Fsp3) is 0.333. The van der Waals surface area contributed by atoms with Gasteiger partial charge in [0.05, 0.1) is 18.8 Å². The quantitative estimate of drug-likeness (QED) is 0.664. The SMILES string of the molecule is COc1cccc(C(CNC(=O)c2cccc(-n3cnnn3)c2)N2CCCC2)c1. The zero-order chi connectivity index (χ0) is 20.1. The minimum absolute atomic E-state index is 0.110. The van der Waals surface area contributed by atoms with Crippen LogP contribution in [0.4, 0.5) is 0 Å². The summed E-state index contributed by atoms with van der Waals surface area (Å²) in [7, 11) is 1.67. The normalized spacial score (nSPS) is 15.2. The number of nitrogens with zero attached hydrogens (tertiary/aromatic N) is 5. The molecule has 3 aromatic rings. The Kier molecular flexibility index (Phi) is 5.81. The third-order valence-electron chi connectivity index (χ3n) is 5.24. The molecule has 1 N–H and O–H groups in total. The van der Waals surface area contributed by atoms with Gasteiger partial charge in [-0.05, 0) is 72.3 Å². The summed E-state index contributed by atoms with van der Waals surface area (Å²) in [5, 5.41) is 14.3. The number of carbonyl (C=O) groups excluding carboxylic acids is 1. The van der Waals surface area contributed by atoms with E-state index >= 15 is 0 Å². The van der Waals surface area contributed by atoms with Gasteiger partial charge in [0.2, 0.25) is 0 Å². The molecule has 0 bridgehead atoms. The van der Waals surface area contributed by atoms with Crippen LogP contribution in [0.3, 0.4) is 0 Å². The van der Waals surface area contributed by atoms with Crippen molar-refractivity contribution in [3.8, 4) is 11.4 Å². The molecule has 2 aromatic carbocycles. The first-order chi connectivity index (χ1) is 14.2. The van der Waals surface area contributed by atoms with E-state index in [0.29, 0.717) is 12.1 Å². The number of rotatable bonds is 7. The molecule has 0 spiro atoms. The molecule has 1 amide bonds. The molecular formula is C21H24N6O2. The summed E-state index contributed by atoms with van der Waals surface area (Å²) in [5.74, 6) is 0.708. The maximum atomic E-state index is 12.8. The second kappa shape index (κ2) is 8.83. The van der Waals surface area contributed by atoms with Gasteiger partial charge in [0, 0.05) is 12.1 Å². The van der Waals surface area contributed by atoms with Crippen LogP contribution in [0.25, 0.3) is 5.69 Å². The first-order valence-corrected chi connectivity index (χ1v) is 9.74. The van der Waals surface area contributed by atoms with Crippen molar-refractivity contribution in [3.05, 3.63) is 66.0 Å². The Labute approximate surface area is 169 Å². The second-order valence-electron chi connectivity index (χ2n) is 7.05. The Bertz CT molecular complexity index is 953. The largest absolute Gasteiger partial charge is 0.497 e. The highest BCUT2D eigenvalue weighted by atomic mass is 16.5. The number of carbonyl (C=O) groups is 1. The maximum Gasteiger partial charge on any atom is 0.251 e. The number of aromatic nitrogens is 4. The lowest BCUT2D eigenvalue weighted by atomic mass is 10.0. The molecule has 1 fully saturated rings. The molecule has 1 atom stereocenters. The maximum absolute atomic E-state index is 12.8. The average Bonchev–Trinajstić information content (AvgIpc) is 3.49. The lowest BCUT2D eigenvalue weighted by Gasteiger charge is -2.28. The molecular weight excluding hydrogens is 368 g/mol. The van der Waals surface area contributed by atoms with E-state index in [-0.39, 0.29) is 11.9 Å². The standard InChI is InChI=1S/C21H24N6O2/c1-29-19-9-5-6-16(13-19)20(26-10-2-3-11-26)14-22-21(28)17-7-4-8-18(12-17)27-15-23-24-25-27/h4-9,12-13,15,20H,2-3,10-11,14H2,1H3,(H,22,28). The fourth-order valence-corrected chi connectivity index (χ4v) is 3.72. The van der Waals surface area contributed by atoms with Crippen molar-refractivity contribution in [2.75, 3.05) is 26.7 Å². The van der Waals surface area contributed by atoms with Crippen LogP contribution in [0, 0.1) is 0 Å². The van der Waals surface area contributed by atoms with Crippen molar-refractivity contribution in [2.45, 2.75) is 18.9 Å². The zero-order valence-corrected chi connectivity index (χ0v) is 16.4. The lowest BCUT2D eigenvalue weighted by Crippen LogP contribution is -2.36. The predicted molar refractivity (Wildman–Crippen MR) is 108 cm³/mol. The summed E-state index contributed by atoms with van der Waals surface area (Å²) in [6, 6.07) is 15.4. The van der Waals surface area contributed by atoms with Crippen LogP contribution in [0.15, 0.2) is 54.9 Å². The molecule has 8 nitrogen and oxygen atoms in total. The predicted octanol–water partition coefficient (Wildman–Crippen LogP) is 2.24. The van der Waals surface area contributed by atoms with Crippen LogP contribution >= 0.6 is 0 Å². The Morgan fingerprint density at radius 2 is 2.00 bits per heavy atom. The van der Waals surface area contributed by atoms with E-state index in [1.165, 1.54) is 23.9 Å². The molecule has 0 radical (unpaired) electrons. The number of likely N-dealkylation sites (tertiary alicyclic amines) is 1. The van der Waals surface area contributed by atoms with E-state index < -0.39 is 0 Å². The van der Waals surface area contributed by atoms with Crippen LogP contribution in [-0.4, -0.2) is 57.8 Å². The van der Waals surface area contributed by atoms with E-state index in [4.69, 9.17) is 4.74 Å². The van der Waals surface area contributed by atoms with Gasteiger partial charge >= 0.3 is 0 Å². The highest BCUT2D eigenvalue weighted by molar-refractivity contribution is 5.94. The van der Waals surface area contributed by atoms with Gasteiger partial charge in [0.1, 0.15) is 12.1 Å². The zero-order valence-electron chi connectivity index (χ0n) is 16.4. The van der Waals surface area contributed by atoms with Crippen LogP contribution in [-0.2, 0) is 0 Å². The lowest BCUT2D eigenvalue weighted by molar-refractivity contribution is 0.0938. The smallest absolute Gasteiger partial charge is 0.251 e. The molecule has 150 valence electrons. The van der Waals surface area contributed by atoms with Crippen LogP contribution in [0.2, 0.25) is 0 Å². The average molecular weight is 392 g/mol. The second-order valence-corrected chi connectivity index (χ2v) is 7.05. The number of hydrogen-bond donors (Lipinski definition) is 1. The molecule has 1 aliphatic heterocycles. The molecule has 1 aromatic heterocycles.